The van der Waals surface area contributed by atoms with Gasteiger partial charge in [-0.05, 0) is 50.1 Å². The maximum absolute atomic E-state index is 12.1. The van der Waals surface area contributed by atoms with Crippen molar-refractivity contribution in [3.05, 3.63) is 39.5 Å². The third kappa shape index (κ3) is 4.34. The molecule has 0 saturated heterocycles. The standard InChI is InChI=1S/C11H6Br2F3N3O/c12-6-4-17-10(18-5-6)19-7-1-2-9(8(13)3-7)20-11(14,15)16/h1-5H,(H,17,18,19). The normalized spacial score (nSPS) is 11.2. The van der Waals surface area contributed by atoms with Gasteiger partial charge in [0.15, 0.2) is 0 Å². The number of ether oxygens (including phenoxy) is 1. The minimum Gasteiger partial charge on any atom is -0.405 e. The van der Waals surface area contributed by atoms with Gasteiger partial charge in [0.05, 0.1) is 8.95 Å². The van der Waals surface area contributed by atoms with Crippen molar-refractivity contribution in [3.63, 3.8) is 0 Å². The average Bonchev–Trinajstić information content (AvgIpc) is 2.34. The quantitative estimate of drug-likeness (QED) is 0.797. The molecule has 2 rings (SSSR count). The van der Waals surface area contributed by atoms with Crippen LogP contribution in [0.1, 0.15) is 0 Å². The lowest BCUT2D eigenvalue weighted by Gasteiger charge is -2.12. The van der Waals surface area contributed by atoms with Crippen LogP contribution in [0, 0.1) is 0 Å². The second kappa shape index (κ2) is 5.96. The second-order valence-corrected chi connectivity index (χ2v) is 5.31. The van der Waals surface area contributed by atoms with Crippen molar-refractivity contribution in [1.82, 2.24) is 9.97 Å². The number of nitrogens with one attached hydrogen (secondary N) is 1. The number of anilines is 2. The predicted octanol–water partition coefficient (Wildman–Crippen LogP) is 4.64. The fourth-order valence-corrected chi connectivity index (χ4v) is 1.96. The molecule has 20 heavy (non-hydrogen) atoms. The molecule has 0 spiro atoms. The number of aromatic nitrogens is 2. The van der Waals surface area contributed by atoms with Gasteiger partial charge in [0.2, 0.25) is 5.95 Å². The zero-order chi connectivity index (χ0) is 14.8. The Morgan fingerprint density at radius 1 is 1.10 bits per heavy atom. The molecule has 1 aromatic carbocycles. The second-order valence-electron chi connectivity index (χ2n) is 3.54. The highest BCUT2D eigenvalue weighted by atomic mass is 79.9. The van der Waals surface area contributed by atoms with Crippen LogP contribution in [0.5, 0.6) is 5.75 Å². The van der Waals surface area contributed by atoms with E-state index in [1.54, 1.807) is 12.4 Å². The summed E-state index contributed by atoms with van der Waals surface area (Å²) >= 11 is 6.21. The van der Waals surface area contributed by atoms with Crippen LogP contribution < -0.4 is 10.1 Å². The number of hydrogen-bond donors (Lipinski definition) is 1. The van der Waals surface area contributed by atoms with Gasteiger partial charge in [-0.1, -0.05) is 0 Å². The van der Waals surface area contributed by atoms with E-state index in [2.05, 4.69) is 51.9 Å². The molecule has 0 bridgehead atoms. The van der Waals surface area contributed by atoms with E-state index >= 15 is 0 Å². The molecule has 0 fully saturated rings. The number of hydrogen-bond acceptors (Lipinski definition) is 4. The smallest absolute Gasteiger partial charge is 0.405 e. The summed E-state index contributed by atoms with van der Waals surface area (Å²) in [7, 11) is 0. The highest BCUT2D eigenvalue weighted by Gasteiger charge is 2.31. The molecule has 1 heterocycles. The molecular weight excluding hydrogens is 407 g/mol. The van der Waals surface area contributed by atoms with Crippen LogP contribution in [-0.2, 0) is 0 Å². The van der Waals surface area contributed by atoms with Gasteiger partial charge in [-0.25, -0.2) is 9.97 Å². The Morgan fingerprint density at radius 3 is 2.30 bits per heavy atom. The molecule has 0 aliphatic heterocycles. The largest absolute Gasteiger partial charge is 0.573 e. The van der Waals surface area contributed by atoms with E-state index < -0.39 is 6.36 Å². The zero-order valence-electron chi connectivity index (χ0n) is 9.58. The van der Waals surface area contributed by atoms with Crippen LogP contribution in [0.25, 0.3) is 0 Å². The third-order valence-electron chi connectivity index (χ3n) is 2.03. The summed E-state index contributed by atoms with van der Waals surface area (Å²) in [6, 6.07) is 4.06. The van der Waals surface area contributed by atoms with Gasteiger partial charge in [-0.15, -0.1) is 13.2 Å². The molecule has 0 aliphatic carbocycles. The van der Waals surface area contributed by atoms with Gasteiger partial charge in [0, 0.05) is 18.1 Å². The minimum absolute atomic E-state index is 0.164. The van der Waals surface area contributed by atoms with Gasteiger partial charge < -0.3 is 10.1 Å². The predicted molar refractivity (Wildman–Crippen MR) is 73.8 cm³/mol. The van der Waals surface area contributed by atoms with Crippen molar-refractivity contribution >= 4 is 43.5 Å². The van der Waals surface area contributed by atoms with E-state index in [1.165, 1.54) is 18.2 Å². The first-order valence-corrected chi connectivity index (χ1v) is 6.72. The number of nitrogens with zero attached hydrogens (tertiary/aromatic N) is 2. The molecule has 0 radical (unpaired) electrons. The topological polar surface area (TPSA) is 47.0 Å². The molecule has 9 heteroatoms. The molecule has 1 aromatic heterocycles. The third-order valence-corrected chi connectivity index (χ3v) is 3.06. The molecule has 0 amide bonds. The summed E-state index contributed by atoms with van der Waals surface area (Å²) < 4.78 is 41.1. The first kappa shape index (κ1) is 15.0. The van der Waals surface area contributed by atoms with Crippen LogP contribution in [0.3, 0.4) is 0 Å². The first-order valence-electron chi connectivity index (χ1n) is 5.13. The summed E-state index contributed by atoms with van der Waals surface area (Å²) in [5.74, 6) is 0.00404. The van der Waals surface area contributed by atoms with Crippen molar-refractivity contribution in [2.24, 2.45) is 0 Å². The Balaban J connectivity index is 2.14. The lowest BCUT2D eigenvalue weighted by atomic mass is 10.3. The fourth-order valence-electron chi connectivity index (χ4n) is 1.29. The Hall–Kier alpha value is -1.35. The van der Waals surface area contributed by atoms with E-state index in [0.29, 0.717) is 11.6 Å². The van der Waals surface area contributed by atoms with E-state index in [9.17, 15) is 13.2 Å². The van der Waals surface area contributed by atoms with Gasteiger partial charge in [0.1, 0.15) is 5.75 Å². The molecule has 1 N–H and O–H groups in total. The van der Waals surface area contributed by atoms with Crippen LogP contribution in [0.15, 0.2) is 39.5 Å². The zero-order valence-corrected chi connectivity index (χ0v) is 12.8. The Morgan fingerprint density at radius 2 is 1.75 bits per heavy atom. The summed E-state index contributed by atoms with van der Waals surface area (Å²) in [6.45, 7) is 0. The number of halogens is 5. The summed E-state index contributed by atoms with van der Waals surface area (Å²) in [5, 5.41) is 2.85. The molecule has 0 unspecified atom stereocenters. The lowest BCUT2D eigenvalue weighted by Crippen LogP contribution is -2.17. The van der Waals surface area contributed by atoms with Gasteiger partial charge in [-0.2, -0.15) is 0 Å². The SMILES string of the molecule is FC(F)(F)Oc1ccc(Nc2ncc(Br)cn2)cc1Br. The molecule has 4 nitrogen and oxygen atoms in total. The van der Waals surface area contributed by atoms with Crippen LogP contribution in [0.2, 0.25) is 0 Å². The van der Waals surface area contributed by atoms with Crippen LogP contribution in [0.4, 0.5) is 24.8 Å². The van der Waals surface area contributed by atoms with E-state index in [-0.39, 0.29) is 10.2 Å². The highest BCUT2D eigenvalue weighted by molar-refractivity contribution is 9.10. The van der Waals surface area contributed by atoms with Gasteiger partial charge in [0.25, 0.3) is 0 Å². The molecule has 0 saturated carbocycles. The van der Waals surface area contributed by atoms with E-state index in [4.69, 9.17) is 0 Å². The van der Waals surface area contributed by atoms with Crippen molar-refractivity contribution in [2.75, 3.05) is 5.32 Å². The van der Waals surface area contributed by atoms with Crippen molar-refractivity contribution < 1.29 is 17.9 Å². The van der Waals surface area contributed by atoms with Gasteiger partial charge >= 0.3 is 6.36 Å². The number of benzene rings is 1. The van der Waals surface area contributed by atoms with Gasteiger partial charge in [-0.3, -0.25) is 0 Å². The Kier molecular flexibility index (Phi) is 4.48. The molecule has 0 aliphatic rings. The summed E-state index contributed by atoms with van der Waals surface area (Å²) in [5.41, 5.74) is 0.522. The molecular formula is C11H6Br2F3N3O. The van der Waals surface area contributed by atoms with E-state index in [1.807, 2.05) is 0 Å². The molecule has 2 aromatic rings. The summed E-state index contributed by atoms with van der Waals surface area (Å²) in [4.78, 5) is 7.98. The van der Waals surface area contributed by atoms with Crippen molar-refractivity contribution in [1.29, 1.82) is 0 Å². The van der Waals surface area contributed by atoms with Crippen LogP contribution in [-0.4, -0.2) is 16.3 Å². The van der Waals surface area contributed by atoms with E-state index in [0.717, 1.165) is 4.47 Å². The average molecular weight is 413 g/mol. The molecule has 0 atom stereocenters. The maximum Gasteiger partial charge on any atom is 0.573 e. The lowest BCUT2D eigenvalue weighted by molar-refractivity contribution is -0.274. The fraction of sp³-hybridized carbons (Fsp3) is 0.0909. The van der Waals surface area contributed by atoms with Crippen molar-refractivity contribution in [2.45, 2.75) is 6.36 Å². The monoisotopic (exact) mass is 411 g/mol. The maximum atomic E-state index is 12.1. The minimum atomic E-state index is -4.73. The number of rotatable bonds is 3. The summed E-state index contributed by atoms with van der Waals surface area (Å²) in [6.07, 6.45) is -1.64. The number of alkyl halides is 3. The van der Waals surface area contributed by atoms with Crippen molar-refractivity contribution in [3.8, 4) is 5.75 Å². The Labute approximate surface area is 128 Å². The van der Waals surface area contributed by atoms with Crippen LogP contribution >= 0.6 is 31.9 Å². The first-order chi connectivity index (χ1) is 9.33. The highest BCUT2D eigenvalue weighted by Crippen LogP contribution is 2.32. The Bertz CT molecular complexity index is 605. The molecule has 106 valence electrons.